The topological polar surface area (TPSA) is 34.4 Å². The van der Waals surface area contributed by atoms with Crippen LogP contribution in [-0.2, 0) is 11.2 Å². The van der Waals surface area contributed by atoms with Crippen molar-refractivity contribution in [3.63, 3.8) is 0 Å². The molecule has 0 radical (unpaired) electrons. The lowest BCUT2D eigenvalue weighted by Gasteiger charge is -2.27. The summed E-state index contributed by atoms with van der Waals surface area (Å²) in [6, 6.07) is 0. The molecule has 0 amide bonds. The molecule has 4 heteroatoms. The molecule has 3 rings (SSSR count). The van der Waals surface area contributed by atoms with Crippen molar-refractivity contribution >= 4 is 22.1 Å². The number of aromatic nitrogens is 2. The summed E-state index contributed by atoms with van der Waals surface area (Å²) in [5.74, 6) is 1.43. The average Bonchev–Trinajstić information content (AvgIpc) is 2.99. The van der Waals surface area contributed by atoms with Crippen molar-refractivity contribution in [3.05, 3.63) is 23.5 Å². The molecule has 19 heavy (non-hydrogen) atoms. The van der Waals surface area contributed by atoms with Gasteiger partial charge in [0, 0.05) is 23.7 Å². The predicted molar refractivity (Wildman–Crippen MR) is 77.5 cm³/mol. The Hall–Kier alpha value is -1.16. The van der Waals surface area contributed by atoms with Gasteiger partial charge >= 0.3 is 0 Å². The molecule has 1 saturated carbocycles. The van der Waals surface area contributed by atoms with Crippen LogP contribution in [0.2, 0.25) is 0 Å². The van der Waals surface area contributed by atoms with E-state index in [1.807, 2.05) is 22.2 Å². The van der Waals surface area contributed by atoms with Crippen molar-refractivity contribution < 1.29 is 4.79 Å². The smallest absolute Gasteiger partial charge is 0.193 e. The number of rotatable bonds is 4. The van der Waals surface area contributed by atoms with Crippen molar-refractivity contribution in [3.8, 4) is 0 Å². The first-order valence-electron chi connectivity index (χ1n) is 7.20. The Labute approximate surface area is 117 Å². The average molecular weight is 276 g/mol. The lowest BCUT2D eigenvalue weighted by Crippen LogP contribution is -2.24. The molecule has 0 aliphatic heterocycles. The molecule has 0 spiro atoms. The fourth-order valence-electron chi connectivity index (χ4n) is 3.14. The summed E-state index contributed by atoms with van der Waals surface area (Å²) in [6.45, 7) is 2.24. The second kappa shape index (κ2) is 5.45. The second-order valence-corrected chi connectivity index (χ2v) is 6.48. The normalized spacial score (nSPS) is 23.8. The maximum Gasteiger partial charge on any atom is 0.193 e. The summed E-state index contributed by atoms with van der Waals surface area (Å²) in [6.07, 6.45) is 10.4. The first kappa shape index (κ1) is 12.9. The molecule has 0 aromatic carbocycles. The van der Waals surface area contributed by atoms with E-state index < -0.39 is 0 Å². The van der Waals surface area contributed by atoms with Crippen LogP contribution in [0.25, 0.3) is 4.96 Å². The van der Waals surface area contributed by atoms with E-state index in [1.165, 1.54) is 19.3 Å². The minimum Gasteiger partial charge on any atom is -0.299 e. The van der Waals surface area contributed by atoms with E-state index in [2.05, 4.69) is 11.9 Å². The van der Waals surface area contributed by atoms with Gasteiger partial charge in [0.25, 0.3) is 0 Å². The van der Waals surface area contributed by atoms with Crippen LogP contribution in [0.3, 0.4) is 0 Å². The third-order valence-electron chi connectivity index (χ3n) is 4.31. The molecule has 0 saturated heterocycles. The fraction of sp³-hybridized carbons (Fsp3) is 0.600. The van der Waals surface area contributed by atoms with E-state index in [-0.39, 0.29) is 5.92 Å². The number of hydrogen-bond acceptors (Lipinski definition) is 3. The maximum absolute atomic E-state index is 12.4. The number of imidazole rings is 1. The van der Waals surface area contributed by atoms with Crippen molar-refractivity contribution in [1.29, 1.82) is 0 Å². The summed E-state index contributed by atoms with van der Waals surface area (Å²) in [4.78, 5) is 17.9. The van der Waals surface area contributed by atoms with Gasteiger partial charge in [-0.2, -0.15) is 0 Å². The van der Waals surface area contributed by atoms with Crippen LogP contribution in [0.1, 0.15) is 44.7 Å². The van der Waals surface area contributed by atoms with Crippen LogP contribution in [0.5, 0.6) is 0 Å². The molecule has 2 heterocycles. The highest BCUT2D eigenvalue weighted by Crippen LogP contribution is 2.32. The number of carbonyl (C=O) groups is 1. The SMILES string of the molecule is CCC1CCCC(C(=O)Cc2cn3ccsc3n2)C1. The number of carbonyl (C=O) groups excluding carboxylic acids is 1. The molecule has 0 N–H and O–H groups in total. The summed E-state index contributed by atoms with van der Waals surface area (Å²) in [7, 11) is 0. The molecular weight excluding hydrogens is 256 g/mol. The van der Waals surface area contributed by atoms with Crippen molar-refractivity contribution in [2.75, 3.05) is 0 Å². The van der Waals surface area contributed by atoms with E-state index in [4.69, 9.17) is 0 Å². The Bertz CT molecular complexity index is 543. The van der Waals surface area contributed by atoms with Gasteiger partial charge in [0.2, 0.25) is 0 Å². The Balaban J connectivity index is 1.65. The Morgan fingerprint density at radius 1 is 1.53 bits per heavy atom. The highest BCUT2D eigenvalue weighted by atomic mass is 32.1. The molecule has 3 nitrogen and oxygen atoms in total. The third-order valence-corrected chi connectivity index (χ3v) is 5.08. The highest BCUT2D eigenvalue weighted by molar-refractivity contribution is 7.15. The highest BCUT2D eigenvalue weighted by Gasteiger charge is 2.26. The summed E-state index contributed by atoms with van der Waals surface area (Å²) < 4.78 is 2.00. The van der Waals surface area contributed by atoms with Gasteiger partial charge in [-0.15, -0.1) is 11.3 Å². The van der Waals surface area contributed by atoms with Crippen LogP contribution in [0, 0.1) is 11.8 Å². The number of fused-ring (bicyclic) bond motifs is 1. The van der Waals surface area contributed by atoms with E-state index in [9.17, 15) is 4.79 Å². The quantitative estimate of drug-likeness (QED) is 0.853. The van der Waals surface area contributed by atoms with Gasteiger partial charge in [-0.05, 0) is 18.8 Å². The lowest BCUT2D eigenvalue weighted by molar-refractivity contribution is -0.123. The van der Waals surface area contributed by atoms with Gasteiger partial charge in [-0.25, -0.2) is 4.98 Å². The molecule has 2 unspecified atom stereocenters. The van der Waals surface area contributed by atoms with Crippen molar-refractivity contribution in [2.24, 2.45) is 11.8 Å². The molecule has 102 valence electrons. The molecule has 2 aromatic rings. The largest absolute Gasteiger partial charge is 0.299 e. The predicted octanol–water partition coefficient (Wildman–Crippen LogP) is 3.72. The number of hydrogen-bond donors (Lipinski definition) is 0. The van der Waals surface area contributed by atoms with Gasteiger partial charge in [-0.3, -0.25) is 9.20 Å². The van der Waals surface area contributed by atoms with E-state index in [0.717, 1.165) is 29.4 Å². The molecule has 2 atom stereocenters. The van der Waals surface area contributed by atoms with Crippen molar-refractivity contribution in [2.45, 2.75) is 45.4 Å². The zero-order chi connectivity index (χ0) is 13.2. The molecule has 2 aromatic heterocycles. The third kappa shape index (κ3) is 2.73. The molecule has 1 aliphatic rings. The van der Waals surface area contributed by atoms with Crippen LogP contribution >= 0.6 is 11.3 Å². The second-order valence-electron chi connectivity index (χ2n) is 5.61. The van der Waals surface area contributed by atoms with E-state index in [0.29, 0.717) is 12.2 Å². The Morgan fingerprint density at radius 3 is 3.21 bits per heavy atom. The molecular formula is C15H20N2OS. The first-order chi connectivity index (χ1) is 9.26. The van der Waals surface area contributed by atoms with Crippen LogP contribution < -0.4 is 0 Å². The summed E-state index contributed by atoms with van der Waals surface area (Å²) in [5, 5.41) is 2.01. The summed E-state index contributed by atoms with van der Waals surface area (Å²) in [5.41, 5.74) is 0.926. The van der Waals surface area contributed by atoms with Gasteiger partial charge in [0.1, 0.15) is 5.78 Å². The van der Waals surface area contributed by atoms with E-state index >= 15 is 0 Å². The number of nitrogens with zero attached hydrogens (tertiary/aromatic N) is 2. The monoisotopic (exact) mass is 276 g/mol. The zero-order valence-electron chi connectivity index (χ0n) is 11.3. The standard InChI is InChI=1S/C15H20N2OS/c1-2-11-4-3-5-12(8-11)14(18)9-13-10-17-6-7-19-15(17)16-13/h6-7,10-12H,2-5,8-9H2,1H3. The lowest BCUT2D eigenvalue weighted by atomic mass is 9.77. The fourth-order valence-corrected chi connectivity index (χ4v) is 3.86. The van der Waals surface area contributed by atoms with Gasteiger partial charge in [-0.1, -0.05) is 26.2 Å². The first-order valence-corrected chi connectivity index (χ1v) is 8.08. The number of thiazole rings is 1. The van der Waals surface area contributed by atoms with Gasteiger partial charge in [0.15, 0.2) is 4.96 Å². The zero-order valence-corrected chi connectivity index (χ0v) is 12.2. The van der Waals surface area contributed by atoms with Crippen molar-refractivity contribution in [1.82, 2.24) is 9.38 Å². The van der Waals surface area contributed by atoms with Crippen LogP contribution in [0.15, 0.2) is 17.8 Å². The Kier molecular flexibility index (Phi) is 3.69. The minimum atomic E-state index is 0.276. The number of ketones is 1. The maximum atomic E-state index is 12.4. The molecule has 0 bridgehead atoms. The summed E-state index contributed by atoms with van der Waals surface area (Å²) >= 11 is 1.62. The van der Waals surface area contributed by atoms with Gasteiger partial charge in [0.05, 0.1) is 12.1 Å². The van der Waals surface area contributed by atoms with Crippen LogP contribution in [-0.4, -0.2) is 15.2 Å². The number of Topliss-reactive ketones (excluding diaryl/α,β-unsaturated/α-hetero) is 1. The van der Waals surface area contributed by atoms with Gasteiger partial charge < -0.3 is 0 Å². The minimum absolute atomic E-state index is 0.276. The molecule has 1 fully saturated rings. The van der Waals surface area contributed by atoms with Crippen LogP contribution in [0.4, 0.5) is 0 Å². The molecule has 1 aliphatic carbocycles. The Morgan fingerprint density at radius 2 is 2.42 bits per heavy atom. The van der Waals surface area contributed by atoms with E-state index in [1.54, 1.807) is 11.3 Å².